The third kappa shape index (κ3) is 3.56. The third-order valence-corrected chi connectivity index (χ3v) is 4.12. The monoisotopic (exact) mass is 264 g/mol. The third-order valence-electron chi connectivity index (χ3n) is 3.21. The lowest BCUT2D eigenvalue weighted by atomic mass is 10.1. The second kappa shape index (κ2) is 6.91. The molecule has 2 heterocycles. The summed E-state index contributed by atoms with van der Waals surface area (Å²) in [7, 11) is 1.78. The van der Waals surface area contributed by atoms with Gasteiger partial charge in [0.15, 0.2) is 0 Å². The van der Waals surface area contributed by atoms with Crippen molar-refractivity contribution in [2.45, 2.75) is 13.0 Å². The fraction of sp³-hybridized carbons (Fsp3) is 0.571. The molecular formula is C14H20N2OS. The topological polar surface area (TPSA) is 38.5 Å². The molecule has 2 N–H and O–H groups in total. The molecule has 0 spiro atoms. The van der Waals surface area contributed by atoms with Gasteiger partial charge < -0.3 is 10.5 Å². The largest absolute Gasteiger partial charge is 0.384 e. The van der Waals surface area contributed by atoms with Crippen molar-refractivity contribution in [3.63, 3.8) is 0 Å². The molecule has 0 aliphatic carbocycles. The van der Waals surface area contributed by atoms with E-state index in [4.69, 9.17) is 10.5 Å². The van der Waals surface area contributed by atoms with Crippen molar-refractivity contribution < 1.29 is 4.74 Å². The SMILES string of the molecule is COCC1CCN(Cc2sccc2C#CCN)C1. The van der Waals surface area contributed by atoms with Gasteiger partial charge in [-0.15, -0.1) is 11.3 Å². The Morgan fingerprint density at radius 3 is 3.28 bits per heavy atom. The second-order valence-electron chi connectivity index (χ2n) is 4.61. The molecule has 1 fully saturated rings. The highest BCUT2D eigenvalue weighted by Gasteiger charge is 2.22. The average Bonchev–Trinajstić information content (AvgIpc) is 2.98. The molecule has 1 saturated heterocycles. The van der Waals surface area contributed by atoms with E-state index >= 15 is 0 Å². The molecule has 4 heteroatoms. The Kier molecular flexibility index (Phi) is 5.21. The Morgan fingerprint density at radius 2 is 2.50 bits per heavy atom. The number of methoxy groups -OCH3 is 1. The first kappa shape index (κ1) is 13.6. The van der Waals surface area contributed by atoms with Gasteiger partial charge in [0.2, 0.25) is 0 Å². The van der Waals surface area contributed by atoms with Gasteiger partial charge in [0.1, 0.15) is 0 Å². The number of nitrogens with two attached hydrogens (primary N) is 1. The standard InChI is InChI=1S/C14H20N2OS/c1-17-11-12-4-7-16(9-12)10-14-13(3-2-6-15)5-8-18-14/h5,8,12H,4,6-7,9-11,15H2,1H3. The summed E-state index contributed by atoms with van der Waals surface area (Å²) in [4.78, 5) is 3.84. The summed E-state index contributed by atoms with van der Waals surface area (Å²) in [6, 6.07) is 2.09. The van der Waals surface area contributed by atoms with E-state index in [9.17, 15) is 0 Å². The zero-order valence-corrected chi connectivity index (χ0v) is 11.6. The van der Waals surface area contributed by atoms with Crippen LogP contribution in [0.15, 0.2) is 11.4 Å². The van der Waals surface area contributed by atoms with Crippen LogP contribution in [0.4, 0.5) is 0 Å². The smallest absolute Gasteiger partial charge is 0.0555 e. The number of thiophene rings is 1. The van der Waals surface area contributed by atoms with E-state index in [-0.39, 0.29) is 0 Å². The van der Waals surface area contributed by atoms with Gasteiger partial charge in [-0.3, -0.25) is 4.90 Å². The Balaban J connectivity index is 1.92. The fourth-order valence-electron chi connectivity index (χ4n) is 2.35. The highest BCUT2D eigenvalue weighted by atomic mass is 32.1. The zero-order valence-electron chi connectivity index (χ0n) is 10.8. The van der Waals surface area contributed by atoms with Crippen molar-refractivity contribution in [1.82, 2.24) is 4.90 Å². The van der Waals surface area contributed by atoms with Gasteiger partial charge in [0, 0.05) is 30.6 Å². The Hall–Kier alpha value is -0.860. The average molecular weight is 264 g/mol. The van der Waals surface area contributed by atoms with Crippen LogP contribution in [0, 0.1) is 17.8 Å². The predicted molar refractivity (Wildman–Crippen MR) is 75.5 cm³/mol. The van der Waals surface area contributed by atoms with Crippen LogP contribution in [0.5, 0.6) is 0 Å². The van der Waals surface area contributed by atoms with Gasteiger partial charge in [-0.05, 0) is 30.3 Å². The quantitative estimate of drug-likeness (QED) is 0.838. The van der Waals surface area contributed by atoms with Gasteiger partial charge in [-0.2, -0.15) is 0 Å². The van der Waals surface area contributed by atoms with E-state index in [1.807, 2.05) is 0 Å². The predicted octanol–water partition coefficient (Wildman–Crippen LogP) is 1.53. The second-order valence-corrected chi connectivity index (χ2v) is 5.61. The van der Waals surface area contributed by atoms with E-state index in [1.165, 1.54) is 11.3 Å². The summed E-state index contributed by atoms with van der Waals surface area (Å²) in [6.45, 7) is 4.60. The summed E-state index contributed by atoms with van der Waals surface area (Å²) < 4.78 is 5.23. The maximum Gasteiger partial charge on any atom is 0.0555 e. The Labute approximate surface area is 113 Å². The Morgan fingerprint density at radius 1 is 1.61 bits per heavy atom. The molecule has 0 aromatic carbocycles. The van der Waals surface area contributed by atoms with Crippen molar-refractivity contribution in [1.29, 1.82) is 0 Å². The number of likely N-dealkylation sites (tertiary alicyclic amines) is 1. The number of ether oxygens (including phenoxy) is 1. The molecule has 1 aromatic heterocycles. The van der Waals surface area contributed by atoms with Crippen molar-refractivity contribution in [2.75, 3.05) is 33.4 Å². The first-order valence-electron chi connectivity index (χ1n) is 6.30. The summed E-state index contributed by atoms with van der Waals surface area (Å²) in [5, 5.41) is 2.11. The first-order valence-corrected chi connectivity index (χ1v) is 7.18. The highest BCUT2D eigenvalue weighted by Crippen LogP contribution is 2.23. The molecule has 3 nitrogen and oxygen atoms in total. The van der Waals surface area contributed by atoms with Gasteiger partial charge in [0.25, 0.3) is 0 Å². The molecule has 0 saturated carbocycles. The lowest BCUT2D eigenvalue weighted by molar-refractivity contribution is 0.153. The molecule has 0 radical (unpaired) electrons. The van der Waals surface area contributed by atoms with Crippen LogP contribution in [-0.2, 0) is 11.3 Å². The normalized spacial score (nSPS) is 19.8. The van der Waals surface area contributed by atoms with Crippen molar-refractivity contribution in [3.05, 3.63) is 21.9 Å². The maximum atomic E-state index is 5.42. The molecule has 1 aliphatic heterocycles. The number of hydrogen-bond acceptors (Lipinski definition) is 4. The van der Waals surface area contributed by atoms with Crippen LogP contribution in [0.3, 0.4) is 0 Å². The number of hydrogen-bond donors (Lipinski definition) is 1. The molecule has 18 heavy (non-hydrogen) atoms. The van der Waals surface area contributed by atoms with Crippen LogP contribution in [0.1, 0.15) is 16.9 Å². The molecule has 1 aliphatic rings. The number of rotatable bonds is 4. The molecule has 0 bridgehead atoms. The van der Waals surface area contributed by atoms with Crippen molar-refractivity contribution in [3.8, 4) is 11.8 Å². The molecule has 98 valence electrons. The summed E-state index contributed by atoms with van der Waals surface area (Å²) in [5.41, 5.74) is 6.56. The lowest BCUT2D eigenvalue weighted by Crippen LogP contribution is -2.21. The van der Waals surface area contributed by atoms with Gasteiger partial charge in [-0.25, -0.2) is 0 Å². The van der Waals surface area contributed by atoms with Crippen molar-refractivity contribution >= 4 is 11.3 Å². The van der Waals surface area contributed by atoms with Crippen molar-refractivity contribution in [2.24, 2.45) is 11.7 Å². The van der Waals surface area contributed by atoms with Gasteiger partial charge in [-0.1, -0.05) is 11.8 Å². The summed E-state index contributed by atoms with van der Waals surface area (Å²) >= 11 is 1.79. The maximum absolute atomic E-state index is 5.42. The summed E-state index contributed by atoms with van der Waals surface area (Å²) in [5.74, 6) is 6.77. The zero-order chi connectivity index (χ0) is 12.8. The number of nitrogens with zero attached hydrogens (tertiary/aromatic N) is 1. The summed E-state index contributed by atoms with van der Waals surface area (Å²) in [6.07, 6.45) is 1.24. The van der Waals surface area contributed by atoms with E-state index < -0.39 is 0 Å². The van der Waals surface area contributed by atoms with Crippen LogP contribution < -0.4 is 5.73 Å². The van der Waals surface area contributed by atoms with E-state index in [0.29, 0.717) is 12.5 Å². The minimum Gasteiger partial charge on any atom is -0.384 e. The Bertz CT molecular complexity index is 432. The molecule has 0 amide bonds. The van der Waals surface area contributed by atoms with E-state index in [1.54, 1.807) is 18.4 Å². The first-order chi connectivity index (χ1) is 8.83. The minimum atomic E-state index is 0.426. The van der Waals surface area contributed by atoms with Gasteiger partial charge >= 0.3 is 0 Å². The van der Waals surface area contributed by atoms with Crippen LogP contribution >= 0.6 is 11.3 Å². The molecule has 1 unspecified atom stereocenters. The van der Waals surface area contributed by atoms with Crippen LogP contribution in [0.25, 0.3) is 0 Å². The van der Waals surface area contributed by atoms with Crippen LogP contribution in [0.2, 0.25) is 0 Å². The van der Waals surface area contributed by atoms with E-state index in [0.717, 1.165) is 31.8 Å². The molecule has 1 aromatic rings. The highest BCUT2D eigenvalue weighted by molar-refractivity contribution is 7.10. The van der Waals surface area contributed by atoms with Crippen LogP contribution in [-0.4, -0.2) is 38.3 Å². The lowest BCUT2D eigenvalue weighted by Gasteiger charge is -2.15. The molecular weight excluding hydrogens is 244 g/mol. The van der Waals surface area contributed by atoms with Gasteiger partial charge in [0.05, 0.1) is 13.2 Å². The molecule has 2 rings (SSSR count). The minimum absolute atomic E-state index is 0.426. The van der Waals surface area contributed by atoms with E-state index in [2.05, 4.69) is 28.2 Å². The fourth-order valence-corrected chi connectivity index (χ4v) is 3.22. The molecule has 1 atom stereocenters.